The van der Waals surface area contributed by atoms with Crippen molar-refractivity contribution < 1.29 is 13.2 Å². The summed E-state index contributed by atoms with van der Waals surface area (Å²) in [6.07, 6.45) is 1.09. The number of para-hydroxylation sites is 1. The van der Waals surface area contributed by atoms with Crippen molar-refractivity contribution in [2.75, 3.05) is 18.1 Å². The molecule has 0 saturated heterocycles. The fourth-order valence-corrected chi connectivity index (χ4v) is 3.01. The number of anilines is 1. The molecule has 2 aromatic rings. The Morgan fingerprint density at radius 1 is 1.12 bits per heavy atom. The lowest BCUT2D eigenvalue weighted by Gasteiger charge is -2.20. The third-order valence-electron chi connectivity index (χ3n) is 3.48. The van der Waals surface area contributed by atoms with Gasteiger partial charge in [0.15, 0.2) is 0 Å². The molecule has 7 heteroatoms. The van der Waals surface area contributed by atoms with Gasteiger partial charge in [0, 0.05) is 17.3 Å². The van der Waals surface area contributed by atoms with Crippen LogP contribution >= 0.6 is 11.6 Å². The van der Waals surface area contributed by atoms with Crippen molar-refractivity contribution in [1.29, 1.82) is 0 Å². The molecule has 0 unspecified atom stereocenters. The molecule has 0 aliphatic carbocycles. The summed E-state index contributed by atoms with van der Waals surface area (Å²) in [6, 6.07) is 14.2. The first-order valence-electron chi connectivity index (χ1n) is 7.31. The number of nitrogens with one attached hydrogen (secondary N) is 1. The van der Waals surface area contributed by atoms with Crippen molar-refractivity contribution in [2.45, 2.75) is 13.5 Å². The second kappa shape index (κ2) is 7.79. The summed E-state index contributed by atoms with van der Waals surface area (Å²) in [5.74, 6) is -0.385. The molecule has 0 aliphatic rings. The van der Waals surface area contributed by atoms with Gasteiger partial charge in [-0.1, -0.05) is 41.9 Å². The quantitative estimate of drug-likeness (QED) is 0.854. The maximum atomic E-state index is 12.2. The number of halogens is 1. The summed E-state index contributed by atoms with van der Waals surface area (Å²) >= 11 is 5.83. The predicted molar refractivity (Wildman–Crippen MR) is 96.5 cm³/mol. The molecule has 0 aromatic heterocycles. The Bertz CT molecular complexity index is 820. The molecule has 2 aromatic carbocycles. The summed E-state index contributed by atoms with van der Waals surface area (Å²) < 4.78 is 25.1. The average Bonchev–Trinajstić information content (AvgIpc) is 2.50. The van der Waals surface area contributed by atoms with Gasteiger partial charge < -0.3 is 5.32 Å². The lowest BCUT2D eigenvalue weighted by atomic mass is 10.2. The largest absolute Gasteiger partial charge is 0.325 e. The molecule has 0 heterocycles. The van der Waals surface area contributed by atoms with Crippen LogP contribution in [0.3, 0.4) is 0 Å². The summed E-state index contributed by atoms with van der Waals surface area (Å²) in [5.41, 5.74) is 2.34. The van der Waals surface area contributed by atoms with E-state index in [1.54, 1.807) is 30.3 Å². The number of hydrogen-bond acceptors (Lipinski definition) is 3. The van der Waals surface area contributed by atoms with Gasteiger partial charge in [-0.2, -0.15) is 4.31 Å². The first-order valence-corrected chi connectivity index (χ1v) is 9.53. The molecule has 0 saturated carbocycles. The van der Waals surface area contributed by atoms with Crippen LogP contribution in [0.1, 0.15) is 11.1 Å². The van der Waals surface area contributed by atoms with Crippen molar-refractivity contribution in [2.24, 2.45) is 0 Å². The zero-order chi connectivity index (χ0) is 17.7. The van der Waals surface area contributed by atoms with Crippen molar-refractivity contribution >= 4 is 33.2 Å². The zero-order valence-electron chi connectivity index (χ0n) is 13.5. The molecule has 1 N–H and O–H groups in total. The SMILES string of the molecule is Cc1ccccc1NC(=O)CN(Cc1ccc(Cl)cc1)S(C)(=O)=O. The smallest absolute Gasteiger partial charge is 0.239 e. The molecule has 128 valence electrons. The molecular weight excluding hydrogens is 348 g/mol. The predicted octanol–water partition coefficient (Wildman–Crippen LogP) is 3.05. The zero-order valence-corrected chi connectivity index (χ0v) is 15.1. The van der Waals surface area contributed by atoms with Crippen LogP contribution in [0.4, 0.5) is 5.69 Å². The van der Waals surface area contributed by atoms with Gasteiger partial charge in [0.2, 0.25) is 15.9 Å². The summed E-state index contributed by atoms with van der Waals surface area (Å²) in [6.45, 7) is 1.73. The number of benzene rings is 2. The molecule has 0 fully saturated rings. The Morgan fingerprint density at radius 3 is 2.33 bits per heavy atom. The van der Waals surface area contributed by atoms with Crippen LogP contribution in [0.5, 0.6) is 0 Å². The molecular formula is C17H19ClN2O3S. The molecule has 5 nitrogen and oxygen atoms in total. The third kappa shape index (κ3) is 5.33. The highest BCUT2D eigenvalue weighted by molar-refractivity contribution is 7.88. The molecule has 0 aliphatic heterocycles. The van der Waals surface area contributed by atoms with Crippen molar-refractivity contribution in [3.05, 3.63) is 64.7 Å². The normalized spacial score (nSPS) is 11.5. The van der Waals surface area contributed by atoms with E-state index in [-0.39, 0.29) is 19.0 Å². The minimum atomic E-state index is -3.53. The first-order chi connectivity index (χ1) is 11.3. The number of nitrogens with zero attached hydrogens (tertiary/aromatic N) is 1. The minimum Gasteiger partial charge on any atom is -0.325 e. The Hall–Kier alpha value is -1.89. The van der Waals surface area contributed by atoms with Crippen LogP contribution < -0.4 is 5.32 Å². The van der Waals surface area contributed by atoms with E-state index < -0.39 is 10.0 Å². The summed E-state index contributed by atoms with van der Waals surface area (Å²) in [7, 11) is -3.53. The molecule has 0 bridgehead atoms. The molecule has 1 amide bonds. The highest BCUT2D eigenvalue weighted by Crippen LogP contribution is 2.15. The van der Waals surface area contributed by atoms with Crippen molar-refractivity contribution in [3.63, 3.8) is 0 Å². The fraction of sp³-hybridized carbons (Fsp3) is 0.235. The first kappa shape index (κ1) is 18.4. The van der Waals surface area contributed by atoms with Gasteiger partial charge in [0.05, 0.1) is 12.8 Å². The second-order valence-electron chi connectivity index (χ2n) is 5.52. The van der Waals surface area contributed by atoms with E-state index in [0.29, 0.717) is 10.7 Å². The summed E-state index contributed by atoms with van der Waals surface area (Å²) in [5, 5.41) is 3.31. The number of aryl methyl sites for hydroxylation is 1. The van der Waals surface area contributed by atoms with Gasteiger partial charge in [-0.15, -0.1) is 0 Å². The average molecular weight is 367 g/mol. The summed E-state index contributed by atoms with van der Waals surface area (Å²) in [4.78, 5) is 12.2. The van der Waals surface area contributed by atoms with E-state index >= 15 is 0 Å². The van der Waals surface area contributed by atoms with Crippen LogP contribution in [0.25, 0.3) is 0 Å². The van der Waals surface area contributed by atoms with E-state index in [4.69, 9.17) is 11.6 Å². The monoisotopic (exact) mass is 366 g/mol. The van der Waals surface area contributed by atoms with E-state index in [1.807, 2.05) is 25.1 Å². The van der Waals surface area contributed by atoms with Crippen LogP contribution in [-0.2, 0) is 21.4 Å². The van der Waals surface area contributed by atoms with Crippen molar-refractivity contribution in [3.8, 4) is 0 Å². The number of carbonyl (C=O) groups is 1. The van der Waals surface area contributed by atoms with Gasteiger partial charge in [0.25, 0.3) is 0 Å². The highest BCUT2D eigenvalue weighted by Gasteiger charge is 2.20. The van der Waals surface area contributed by atoms with Gasteiger partial charge in [0.1, 0.15) is 0 Å². The van der Waals surface area contributed by atoms with Crippen LogP contribution in [0.2, 0.25) is 5.02 Å². The molecule has 0 radical (unpaired) electrons. The van der Waals surface area contributed by atoms with Crippen LogP contribution in [0.15, 0.2) is 48.5 Å². The second-order valence-corrected chi connectivity index (χ2v) is 7.94. The Labute approximate surface area is 147 Å². The van der Waals surface area contributed by atoms with E-state index in [9.17, 15) is 13.2 Å². The maximum Gasteiger partial charge on any atom is 0.239 e. The Balaban J connectivity index is 2.10. The van der Waals surface area contributed by atoms with Gasteiger partial charge in [-0.05, 0) is 36.2 Å². The van der Waals surface area contributed by atoms with Gasteiger partial charge >= 0.3 is 0 Å². The molecule has 24 heavy (non-hydrogen) atoms. The van der Waals surface area contributed by atoms with Crippen LogP contribution in [-0.4, -0.2) is 31.4 Å². The number of amides is 1. The minimum absolute atomic E-state index is 0.108. The number of hydrogen-bond donors (Lipinski definition) is 1. The Morgan fingerprint density at radius 2 is 1.75 bits per heavy atom. The van der Waals surface area contributed by atoms with Gasteiger partial charge in [-0.25, -0.2) is 8.42 Å². The number of carbonyl (C=O) groups excluding carboxylic acids is 1. The van der Waals surface area contributed by atoms with Gasteiger partial charge in [-0.3, -0.25) is 4.79 Å². The molecule has 2 rings (SSSR count). The maximum absolute atomic E-state index is 12.2. The Kier molecular flexibility index (Phi) is 5.99. The number of rotatable bonds is 6. The topological polar surface area (TPSA) is 66.5 Å². The molecule has 0 atom stereocenters. The number of sulfonamides is 1. The lowest BCUT2D eigenvalue weighted by molar-refractivity contribution is -0.116. The highest BCUT2D eigenvalue weighted by atomic mass is 35.5. The fourth-order valence-electron chi connectivity index (χ4n) is 2.15. The standard InChI is InChI=1S/C17H19ClN2O3S/c1-13-5-3-4-6-16(13)19-17(21)12-20(24(2,22)23)11-14-7-9-15(18)10-8-14/h3-10H,11-12H2,1-2H3,(H,19,21). The lowest BCUT2D eigenvalue weighted by Crippen LogP contribution is -2.37. The van der Waals surface area contributed by atoms with Crippen LogP contribution in [0, 0.1) is 6.92 Å². The molecule has 0 spiro atoms. The van der Waals surface area contributed by atoms with E-state index in [1.165, 1.54) is 0 Å². The van der Waals surface area contributed by atoms with E-state index in [2.05, 4.69) is 5.32 Å². The third-order valence-corrected chi connectivity index (χ3v) is 4.93. The van der Waals surface area contributed by atoms with Crippen molar-refractivity contribution in [1.82, 2.24) is 4.31 Å². The van der Waals surface area contributed by atoms with E-state index in [0.717, 1.165) is 21.7 Å².